The molecule has 1 aliphatic carbocycles. The first-order valence-corrected chi connectivity index (χ1v) is 6.88. The molecule has 1 amide bonds. The van der Waals surface area contributed by atoms with Crippen molar-refractivity contribution in [3.63, 3.8) is 0 Å². The first kappa shape index (κ1) is 12.6. The van der Waals surface area contributed by atoms with Crippen molar-refractivity contribution in [3.8, 4) is 0 Å². The Morgan fingerprint density at radius 1 is 1.53 bits per heavy atom. The topological polar surface area (TPSA) is 42.0 Å². The summed E-state index contributed by atoms with van der Waals surface area (Å²) in [5.41, 5.74) is 0.664. The fourth-order valence-corrected chi connectivity index (χ4v) is 2.77. The SMILES string of the molecule is CC(NC(=O)c1ccnc(Br)c1)C1CCCC1. The molecule has 1 saturated carbocycles. The van der Waals surface area contributed by atoms with E-state index < -0.39 is 0 Å². The average molecular weight is 297 g/mol. The van der Waals surface area contributed by atoms with E-state index in [1.165, 1.54) is 25.7 Å². The third-order valence-electron chi connectivity index (χ3n) is 3.45. The molecule has 0 saturated heterocycles. The van der Waals surface area contributed by atoms with Gasteiger partial charge in [0.15, 0.2) is 0 Å². The summed E-state index contributed by atoms with van der Waals surface area (Å²) in [6.07, 6.45) is 6.71. The third kappa shape index (κ3) is 3.28. The van der Waals surface area contributed by atoms with Crippen LogP contribution in [0, 0.1) is 5.92 Å². The number of carbonyl (C=O) groups excluding carboxylic acids is 1. The van der Waals surface area contributed by atoms with Crippen molar-refractivity contribution in [3.05, 3.63) is 28.5 Å². The number of nitrogens with zero attached hydrogens (tertiary/aromatic N) is 1. The maximum Gasteiger partial charge on any atom is 0.251 e. The molecule has 1 atom stereocenters. The van der Waals surface area contributed by atoms with Crippen LogP contribution in [0.3, 0.4) is 0 Å². The predicted molar refractivity (Wildman–Crippen MR) is 70.8 cm³/mol. The van der Waals surface area contributed by atoms with Crippen molar-refractivity contribution >= 4 is 21.8 Å². The molecule has 2 rings (SSSR count). The van der Waals surface area contributed by atoms with Crippen LogP contribution in [0.15, 0.2) is 22.9 Å². The lowest BCUT2D eigenvalue weighted by Gasteiger charge is -2.20. The Kier molecular flexibility index (Phi) is 4.15. The Labute approximate surface area is 110 Å². The van der Waals surface area contributed by atoms with Gasteiger partial charge in [-0.15, -0.1) is 0 Å². The lowest BCUT2D eigenvalue weighted by Crippen LogP contribution is -2.37. The molecule has 1 aliphatic rings. The van der Waals surface area contributed by atoms with Gasteiger partial charge >= 0.3 is 0 Å². The minimum absolute atomic E-state index is 0.00694. The molecule has 17 heavy (non-hydrogen) atoms. The number of nitrogens with one attached hydrogen (secondary N) is 1. The molecule has 0 aromatic carbocycles. The van der Waals surface area contributed by atoms with Gasteiger partial charge < -0.3 is 5.32 Å². The molecule has 3 nitrogen and oxygen atoms in total. The molecule has 0 radical (unpaired) electrons. The third-order valence-corrected chi connectivity index (χ3v) is 3.89. The molecule has 1 fully saturated rings. The van der Waals surface area contributed by atoms with Crippen molar-refractivity contribution in [1.29, 1.82) is 0 Å². The normalized spacial score (nSPS) is 18.0. The highest BCUT2D eigenvalue weighted by molar-refractivity contribution is 9.10. The van der Waals surface area contributed by atoms with Crippen LogP contribution in [0.4, 0.5) is 0 Å². The van der Waals surface area contributed by atoms with Crippen molar-refractivity contribution in [2.75, 3.05) is 0 Å². The van der Waals surface area contributed by atoms with Crippen LogP contribution in [0.1, 0.15) is 43.0 Å². The van der Waals surface area contributed by atoms with Gasteiger partial charge in [0.1, 0.15) is 4.60 Å². The van der Waals surface area contributed by atoms with Crippen LogP contribution in [0.2, 0.25) is 0 Å². The molecular weight excluding hydrogens is 280 g/mol. The number of amides is 1. The molecular formula is C13H17BrN2O. The second kappa shape index (κ2) is 5.63. The van der Waals surface area contributed by atoms with E-state index in [1.807, 2.05) is 0 Å². The van der Waals surface area contributed by atoms with Gasteiger partial charge in [0.25, 0.3) is 5.91 Å². The van der Waals surface area contributed by atoms with Gasteiger partial charge in [-0.25, -0.2) is 4.98 Å². The fraction of sp³-hybridized carbons (Fsp3) is 0.538. The Morgan fingerprint density at radius 2 is 2.24 bits per heavy atom. The summed E-state index contributed by atoms with van der Waals surface area (Å²) in [4.78, 5) is 16.0. The minimum Gasteiger partial charge on any atom is -0.349 e. The minimum atomic E-state index is -0.00694. The molecule has 1 heterocycles. The largest absolute Gasteiger partial charge is 0.349 e. The number of hydrogen-bond acceptors (Lipinski definition) is 2. The summed E-state index contributed by atoms with van der Waals surface area (Å²) in [6.45, 7) is 2.10. The summed E-state index contributed by atoms with van der Waals surface area (Å²) in [5, 5.41) is 3.08. The Bertz CT molecular complexity index is 402. The molecule has 4 heteroatoms. The second-order valence-corrected chi connectivity index (χ2v) is 5.49. The number of halogens is 1. The lowest BCUT2D eigenvalue weighted by atomic mass is 9.99. The van der Waals surface area contributed by atoms with Crippen LogP contribution < -0.4 is 5.32 Å². The molecule has 0 spiro atoms. The fourth-order valence-electron chi connectivity index (χ4n) is 2.41. The van der Waals surface area contributed by atoms with E-state index in [9.17, 15) is 4.79 Å². The molecule has 0 bridgehead atoms. The van der Waals surface area contributed by atoms with E-state index in [0.717, 1.165) is 0 Å². The monoisotopic (exact) mass is 296 g/mol. The molecule has 92 valence electrons. The molecule has 1 aromatic heterocycles. The number of pyridine rings is 1. The van der Waals surface area contributed by atoms with Crippen molar-refractivity contribution in [2.45, 2.75) is 38.6 Å². The maximum absolute atomic E-state index is 12.0. The predicted octanol–water partition coefficient (Wildman–Crippen LogP) is 3.15. The summed E-state index contributed by atoms with van der Waals surface area (Å²) in [7, 11) is 0. The van der Waals surface area contributed by atoms with Gasteiger partial charge in [-0.05, 0) is 53.7 Å². The second-order valence-electron chi connectivity index (χ2n) is 4.67. The number of hydrogen-bond donors (Lipinski definition) is 1. The summed E-state index contributed by atoms with van der Waals surface area (Å²) < 4.78 is 0.693. The van der Waals surface area contributed by atoms with E-state index in [-0.39, 0.29) is 11.9 Å². The van der Waals surface area contributed by atoms with Gasteiger partial charge in [-0.3, -0.25) is 4.79 Å². The van der Waals surface area contributed by atoms with Crippen LogP contribution in [0.25, 0.3) is 0 Å². The van der Waals surface area contributed by atoms with Crippen molar-refractivity contribution < 1.29 is 4.79 Å². The van der Waals surface area contributed by atoms with Crippen molar-refractivity contribution in [2.24, 2.45) is 5.92 Å². The summed E-state index contributed by atoms with van der Waals surface area (Å²) >= 11 is 3.27. The van der Waals surface area contributed by atoms with Gasteiger partial charge in [-0.1, -0.05) is 12.8 Å². The summed E-state index contributed by atoms with van der Waals surface area (Å²) in [6, 6.07) is 3.75. The van der Waals surface area contributed by atoms with Gasteiger partial charge in [0.2, 0.25) is 0 Å². The summed E-state index contributed by atoms with van der Waals surface area (Å²) in [5.74, 6) is 0.636. The van der Waals surface area contributed by atoms with Crippen LogP contribution in [0.5, 0.6) is 0 Å². The number of rotatable bonds is 3. The van der Waals surface area contributed by atoms with Crippen LogP contribution in [-0.4, -0.2) is 16.9 Å². The van der Waals surface area contributed by atoms with Gasteiger partial charge in [-0.2, -0.15) is 0 Å². The number of aromatic nitrogens is 1. The average Bonchev–Trinajstić information content (AvgIpc) is 2.82. The zero-order chi connectivity index (χ0) is 12.3. The zero-order valence-corrected chi connectivity index (χ0v) is 11.5. The maximum atomic E-state index is 12.0. The number of carbonyl (C=O) groups is 1. The van der Waals surface area contributed by atoms with E-state index in [2.05, 4.69) is 33.2 Å². The first-order valence-electron chi connectivity index (χ1n) is 6.09. The van der Waals surface area contributed by atoms with Gasteiger partial charge in [0, 0.05) is 17.8 Å². The molecule has 1 unspecified atom stereocenters. The van der Waals surface area contributed by atoms with Crippen molar-refractivity contribution in [1.82, 2.24) is 10.3 Å². The van der Waals surface area contributed by atoms with Crippen LogP contribution in [-0.2, 0) is 0 Å². The first-order chi connectivity index (χ1) is 8.16. The lowest BCUT2D eigenvalue weighted by molar-refractivity contribution is 0.0927. The highest BCUT2D eigenvalue weighted by Gasteiger charge is 2.23. The Hall–Kier alpha value is -0.900. The Balaban J connectivity index is 1.96. The van der Waals surface area contributed by atoms with E-state index in [4.69, 9.17) is 0 Å². The standard InChI is InChI=1S/C13H17BrN2O/c1-9(10-4-2-3-5-10)16-13(17)11-6-7-15-12(14)8-11/h6-10H,2-5H2,1H3,(H,16,17). The smallest absolute Gasteiger partial charge is 0.251 e. The zero-order valence-electron chi connectivity index (χ0n) is 9.95. The van der Waals surface area contributed by atoms with E-state index in [0.29, 0.717) is 16.1 Å². The quantitative estimate of drug-likeness (QED) is 0.871. The highest BCUT2D eigenvalue weighted by Crippen LogP contribution is 2.27. The van der Waals surface area contributed by atoms with E-state index >= 15 is 0 Å². The van der Waals surface area contributed by atoms with Gasteiger partial charge in [0.05, 0.1) is 0 Å². The highest BCUT2D eigenvalue weighted by atomic mass is 79.9. The Morgan fingerprint density at radius 3 is 2.88 bits per heavy atom. The molecule has 0 aliphatic heterocycles. The van der Waals surface area contributed by atoms with E-state index in [1.54, 1.807) is 18.3 Å². The molecule has 1 aromatic rings. The molecule has 1 N–H and O–H groups in total. The van der Waals surface area contributed by atoms with Crippen LogP contribution >= 0.6 is 15.9 Å².